The SMILES string of the molecule is CC1(C)C(C(=O)NCc2ccc(S(N)(=O)=O)s2)C1(C)C. The quantitative estimate of drug-likeness (QED) is 0.886. The average Bonchev–Trinajstić information content (AvgIpc) is 2.68. The first-order valence-corrected chi connectivity index (χ1v) is 8.73. The van der Waals surface area contributed by atoms with Crippen molar-refractivity contribution in [3.8, 4) is 0 Å². The average molecular weight is 316 g/mol. The maximum absolute atomic E-state index is 12.2. The van der Waals surface area contributed by atoms with E-state index in [9.17, 15) is 13.2 Å². The lowest BCUT2D eigenvalue weighted by Crippen LogP contribution is -2.26. The third-order valence-corrected chi connectivity index (χ3v) is 7.16. The second kappa shape index (κ2) is 4.54. The number of primary sulfonamides is 1. The van der Waals surface area contributed by atoms with Gasteiger partial charge in [-0.3, -0.25) is 4.79 Å². The topological polar surface area (TPSA) is 89.3 Å². The molecule has 3 N–H and O–H groups in total. The Bertz CT molecular complexity index is 630. The molecular formula is C13H20N2O3S2. The van der Waals surface area contributed by atoms with Gasteiger partial charge in [-0.1, -0.05) is 27.7 Å². The molecule has 0 radical (unpaired) electrons. The van der Waals surface area contributed by atoms with Gasteiger partial charge in [0.2, 0.25) is 15.9 Å². The highest BCUT2D eigenvalue weighted by molar-refractivity contribution is 7.91. The lowest BCUT2D eigenvalue weighted by molar-refractivity contribution is -0.123. The van der Waals surface area contributed by atoms with Crippen molar-refractivity contribution in [1.82, 2.24) is 5.32 Å². The normalized spacial score (nSPS) is 20.6. The summed E-state index contributed by atoms with van der Waals surface area (Å²) in [5, 5.41) is 7.92. The standard InChI is InChI=1S/C13H20N2O3S2/c1-12(2)10(13(12,3)4)11(16)15-7-8-5-6-9(19-8)20(14,17)18/h5-6,10H,7H2,1-4H3,(H,15,16)(H2,14,17,18). The fraction of sp³-hybridized carbons (Fsp3) is 0.615. The zero-order valence-electron chi connectivity index (χ0n) is 12.1. The Balaban J connectivity index is 1.97. The number of rotatable bonds is 4. The van der Waals surface area contributed by atoms with Gasteiger partial charge in [0, 0.05) is 10.8 Å². The lowest BCUT2D eigenvalue weighted by atomic mass is 10.0. The zero-order chi connectivity index (χ0) is 15.3. The van der Waals surface area contributed by atoms with Crippen molar-refractivity contribution in [2.24, 2.45) is 21.9 Å². The number of nitrogens with one attached hydrogen (secondary N) is 1. The fourth-order valence-electron chi connectivity index (χ4n) is 2.73. The van der Waals surface area contributed by atoms with Gasteiger partial charge in [-0.25, -0.2) is 13.6 Å². The highest BCUT2D eigenvalue weighted by atomic mass is 32.2. The van der Waals surface area contributed by atoms with Crippen LogP contribution in [0.1, 0.15) is 32.6 Å². The maximum Gasteiger partial charge on any atom is 0.247 e. The minimum atomic E-state index is -3.66. The number of hydrogen-bond acceptors (Lipinski definition) is 4. The van der Waals surface area contributed by atoms with Crippen molar-refractivity contribution in [2.45, 2.75) is 38.4 Å². The molecule has 1 aromatic rings. The summed E-state index contributed by atoms with van der Waals surface area (Å²) >= 11 is 1.09. The molecule has 0 spiro atoms. The minimum Gasteiger partial charge on any atom is -0.351 e. The molecule has 1 amide bonds. The van der Waals surface area contributed by atoms with Crippen LogP contribution in [0.2, 0.25) is 0 Å². The summed E-state index contributed by atoms with van der Waals surface area (Å²) in [7, 11) is -3.66. The van der Waals surface area contributed by atoms with Crippen LogP contribution >= 0.6 is 11.3 Å². The molecule has 1 aromatic heterocycles. The van der Waals surface area contributed by atoms with Gasteiger partial charge in [-0.2, -0.15) is 0 Å². The summed E-state index contributed by atoms with van der Waals surface area (Å²) in [6, 6.07) is 3.14. The predicted octanol–water partition coefficient (Wildman–Crippen LogP) is 1.69. The number of nitrogens with two attached hydrogens (primary N) is 1. The second-order valence-corrected chi connectivity index (χ2v) is 9.32. The highest BCUT2D eigenvalue weighted by Gasteiger charge is 2.68. The molecule has 0 atom stereocenters. The molecule has 0 unspecified atom stereocenters. The van der Waals surface area contributed by atoms with Crippen LogP contribution in [-0.2, 0) is 21.4 Å². The molecule has 0 bridgehead atoms. The van der Waals surface area contributed by atoms with Gasteiger partial charge < -0.3 is 5.32 Å². The first-order chi connectivity index (χ1) is 8.98. The lowest BCUT2D eigenvalue weighted by Gasteiger charge is -2.04. The van der Waals surface area contributed by atoms with Crippen LogP contribution in [-0.4, -0.2) is 14.3 Å². The summed E-state index contributed by atoms with van der Waals surface area (Å²) in [6.07, 6.45) is 0. The number of sulfonamides is 1. The van der Waals surface area contributed by atoms with Crippen molar-refractivity contribution >= 4 is 27.3 Å². The first-order valence-electron chi connectivity index (χ1n) is 6.37. The first kappa shape index (κ1) is 15.5. The smallest absolute Gasteiger partial charge is 0.247 e. The van der Waals surface area contributed by atoms with Crippen LogP contribution in [0.5, 0.6) is 0 Å². The largest absolute Gasteiger partial charge is 0.351 e. The van der Waals surface area contributed by atoms with E-state index < -0.39 is 10.0 Å². The summed E-state index contributed by atoms with van der Waals surface area (Å²) in [5.41, 5.74) is -0.00339. The summed E-state index contributed by atoms with van der Waals surface area (Å²) in [4.78, 5) is 12.9. The molecule has 112 valence electrons. The summed E-state index contributed by atoms with van der Waals surface area (Å²) in [6.45, 7) is 8.67. The molecule has 5 nitrogen and oxygen atoms in total. The van der Waals surface area contributed by atoms with Crippen molar-refractivity contribution in [2.75, 3.05) is 0 Å². The van der Waals surface area contributed by atoms with Crippen LogP contribution in [0.3, 0.4) is 0 Å². The number of amides is 1. The van der Waals surface area contributed by atoms with E-state index in [-0.39, 0.29) is 26.9 Å². The number of hydrogen-bond donors (Lipinski definition) is 2. The molecule has 1 heterocycles. The van der Waals surface area contributed by atoms with Gasteiger partial charge in [0.25, 0.3) is 0 Å². The van der Waals surface area contributed by atoms with E-state index in [1.165, 1.54) is 6.07 Å². The predicted molar refractivity (Wildman–Crippen MR) is 78.6 cm³/mol. The number of carbonyl (C=O) groups excluding carboxylic acids is 1. The van der Waals surface area contributed by atoms with Crippen LogP contribution in [0.4, 0.5) is 0 Å². The van der Waals surface area contributed by atoms with Crippen LogP contribution in [0, 0.1) is 16.7 Å². The van der Waals surface area contributed by atoms with Crippen molar-refractivity contribution in [3.05, 3.63) is 17.0 Å². The summed E-state index contributed by atoms with van der Waals surface area (Å²) in [5.74, 6) is 0.0122. The van der Waals surface area contributed by atoms with Gasteiger partial charge in [0.05, 0.1) is 6.54 Å². The third kappa shape index (κ3) is 2.49. The van der Waals surface area contributed by atoms with Crippen LogP contribution in [0.15, 0.2) is 16.3 Å². The van der Waals surface area contributed by atoms with E-state index in [1.54, 1.807) is 6.07 Å². The Kier molecular flexibility index (Phi) is 3.51. The highest BCUT2D eigenvalue weighted by Crippen LogP contribution is 2.68. The van der Waals surface area contributed by atoms with E-state index in [0.717, 1.165) is 16.2 Å². The molecule has 7 heteroatoms. The van der Waals surface area contributed by atoms with E-state index in [0.29, 0.717) is 6.54 Å². The number of carbonyl (C=O) groups is 1. The van der Waals surface area contributed by atoms with Crippen molar-refractivity contribution < 1.29 is 13.2 Å². The molecule has 2 rings (SSSR count). The Morgan fingerprint density at radius 3 is 2.25 bits per heavy atom. The van der Waals surface area contributed by atoms with Crippen molar-refractivity contribution in [3.63, 3.8) is 0 Å². The summed E-state index contributed by atoms with van der Waals surface area (Å²) < 4.78 is 22.5. The maximum atomic E-state index is 12.2. The van der Waals surface area contributed by atoms with E-state index >= 15 is 0 Å². The minimum absolute atomic E-state index is 0.00170. The van der Waals surface area contributed by atoms with E-state index in [4.69, 9.17) is 5.14 Å². The van der Waals surface area contributed by atoms with Gasteiger partial charge >= 0.3 is 0 Å². The van der Waals surface area contributed by atoms with E-state index in [2.05, 4.69) is 33.0 Å². The Hall–Kier alpha value is -0.920. The van der Waals surface area contributed by atoms with E-state index in [1.807, 2.05) is 0 Å². The molecule has 1 saturated carbocycles. The zero-order valence-corrected chi connectivity index (χ0v) is 13.7. The van der Waals surface area contributed by atoms with Crippen LogP contribution < -0.4 is 10.5 Å². The van der Waals surface area contributed by atoms with Crippen molar-refractivity contribution in [1.29, 1.82) is 0 Å². The van der Waals surface area contributed by atoms with Gasteiger partial charge in [-0.05, 0) is 23.0 Å². The van der Waals surface area contributed by atoms with Gasteiger partial charge in [0.1, 0.15) is 4.21 Å². The third-order valence-electron chi connectivity index (χ3n) is 4.64. The molecule has 0 aliphatic heterocycles. The van der Waals surface area contributed by atoms with Gasteiger partial charge in [-0.15, -0.1) is 11.3 Å². The van der Waals surface area contributed by atoms with Gasteiger partial charge in [0.15, 0.2) is 0 Å². The fourth-order valence-corrected chi connectivity index (χ4v) is 4.45. The molecule has 1 fully saturated rings. The van der Waals surface area contributed by atoms with Crippen LogP contribution in [0.25, 0.3) is 0 Å². The molecular weight excluding hydrogens is 296 g/mol. The Morgan fingerprint density at radius 1 is 1.30 bits per heavy atom. The monoisotopic (exact) mass is 316 g/mol. The Morgan fingerprint density at radius 2 is 1.85 bits per heavy atom. The molecule has 0 saturated heterocycles. The number of thiophene rings is 1. The molecule has 20 heavy (non-hydrogen) atoms. The molecule has 1 aliphatic carbocycles. The second-order valence-electron chi connectivity index (χ2n) is 6.36. The molecule has 0 aromatic carbocycles. The molecule has 1 aliphatic rings. The Labute approximate surface area is 123 Å².